The minimum Gasteiger partial charge on any atom is -0.495 e. The molecule has 10 heteroatoms. The number of halogens is 2. The van der Waals surface area contributed by atoms with Gasteiger partial charge in [0.1, 0.15) is 23.9 Å². The fourth-order valence-electron chi connectivity index (χ4n) is 2.33. The van der Waals surface area contributed by atoms with Gasteiger partial charge in [0.05, 0.1) is 24.9 Å². The lowest BCUT2D eigenvalue weighted by atomic mass is 10.2. The van der Waals surface area contributed by atoms with Crippen molar-refractivity contribution in [2.24, 2.45) is 0 Å². The average molecular weight is 392 g/mol. The van der Waals surface area contributed by atoms with Gasteiger partial charge in [-0.1, -0.05) is 23.7 Å². The van der Waals surface area contributed by atoms with Crippen LogP contribution in [-0.4, -0.2) is 40.3 Å². The van der Waals surface area contributed by atoms with Crippen LogP contribution in [0.5, 0.6) is 11.5 Å². The van der Waals surface area contributed by atoms with E-state index in [4.69, 9.17) is 21.1 Å². The predicted octanol–water partition coefficient (Wildman–Crippen LogP) is 2.79. The summed E-state index contributed by atoms with van der Waals surface area (Å²) in [4.78, 5) is 13.4. The lowest BCUT2D eigenvalue weighted by molar-refractivity contribution is -0.117. The molecule has 27 heavy (non-hydrogen) atoms. The van der Waals surface area contributed by atoms with Crippen LogP contribution in [0.15, 0.2) is 36.4 Å². The molecule has 0 radical (unpaired) electrons. The molecule has 3 rings (SSSR count). The first-order valence-electron chi connectivity index (χ1n) is 7.75. The SMILES string of the molecule is COc1cc(OC)c(NC(=O)Cn2nnc(-c3cccc(F)c3)n2)cc1Cl. The summed E-state index contributed by atoms with van der Waals surface area (Å²) in [6.45, 7) is -0.199. The van der Waals surface area contributed by atoms with Crippen LogP contribution in [0.1, 0.15) is 0 Å². The minimum absolute atomic E-state index is 0.199. The number of rotatable bonds is 6. The largest absolute Gasteiger partial charge is 0.495 e. The summed E-state index contributed by atoms with van der Waals surface area (Å²) < 4.78 is 23.6. The molecule has 0 spiro atoms. The summed E-state index contributed by atoms with van der Waals surface area (Å²) in [7, 11) is 2.94. The van der Waals surface area contributed by atoms with Crippen molar-refractivity contribution in [3.63, 3.8) is 0 Å². The zero-order chi connectivity index (χ0) is 19.4. The Morgan fingerprint density at radius 3 is 2.70 bits per heavy atom. The predicted molar refractivity (Wildman–Crippen MR) is 96.4 cm³/mol. The highest BCUT2D eigenvalue weighted by Gasteiger charge is 2.14. The molecule has 1 aromatic heterocycles. The number of tetrazole rings is 1. The molecule has 8 nitrogen and oxygen atoms in total. The molecular formula is C17H15ClFN5O3. The minimum atomic E-state index is -0.419. The summed E-state index contributed by atoms with van der Waals surface area (Å²) in [5, 5.41) is 14.7. The second kappa shape index (κ2) is 8.00. The number of amides is 1. The van der Waals surface area contributed by atoms with E-state index in [1.54, 1.807) is 12.1 Å². The van der Waals surface area contributed by atoms with E-state index in [0.29, 0.717) is 27.8 Å². The van der Waals surface area contributed by atoms with Gasteiger partial charge >= 0.3 is 0 Å². The van der Waals surface area contributed by atoms with E-state index in [2.05, 4.69) is 20.7 Å². The van der Waals surface area contributed by atoms with Crippen LogP contribution < -0.4 is 14.8 Å². The lowest BCUT2D eigenvalue weighted by Crippen LogP contribution is -2.20. The number of hydrogen-bond donors (Lipinski definition) is 1. The molecule has 2 aromatic carbocycles. The number of ether oxygens (including phenoxy) is 2. The zero-order valence-electron chi connectivity index (χ0n) is 14.4. The zero-order valence-corrected chi connectivity index (χ0v) is 15.2. The van der Waals surface area contributed by atoms with Gasteiger partial charge in [-0.3, -0.25) is 4.79 Å². The normalized spacial score (nSPS) is 10.5. The summed E-state index contributed by atoms with van der Waals surface area (Å²) >= 11 is 6.08. The summed E-state index contributed by atoms with van der Waals surface area (Å²) in [6.07, 6.45) is 0. The first kappa shape index (κ1) is 18.6. The second-order valence-corrected chi connectivity index (χ2v) is 5.80. The maximum Gasteiger partial charge on any atom is 0.248 e. The molecule has 0 aliphatic carbocycles. The Labute approximate surface area is 158 Å². The Morgan fingerprint density at radius 1 is 1.22 bits per heavy atom. The van der Waals surface area contributed by atoms with E-state index in [0.717, 1.165) is 4.80 Å². The van der Waals surface area contributed by atoms with Gasteiger partial charge in [-0.25, -0.2) is 4.39 Å². The van der Waals surface area contributed by atoms with Gasteiger partial charge in [0.15, 0.2) is 0 Å². The third kappa shape index (κ3) is 4.32. The highest BCUT2D eigenvalue weighted by molar-refractivity contribution is 6.32. The molecule has 1 heterocycles. The van der Waals surface area contributed by atoms with Gasteiger partial charge < -0.3 is 14.8 Å². The van der Waals surface area contributed by atoms with Crippen LogP contribution in [-0.2, 0) is 11.3 Å². The summed E-state index contributed by atoms with van der Waals surface area (Å²) in [6, 6.07) is 8.87. The van der Waals surface area contributed by atoms with Gasteiger partial charge in [-0.2, -0.15) is 4.80 Å². The molecule has 0 saturated heterocycles. The standard InChI is InChI=1S/C17H15ClFN5O3/c1-26-14-8-15(27-2)13(7-12(14)18)20-16(25)9-24-22-17(21-23-24)10-4-3-5-11(19)6-10/h3-8H,9H2,1-2H3,(H,20,25). The monoisotopic (exact) mass is 391 g/mol. The molecule has 3 aromatic rings. The van der Waals surface area contributed by atoms with E-state index in [1.165, 1.54) is 38.5 Å². The Bertz CT molecular complexity index is 979. The topological polar surface area (TPSA) is 91.2 Å². The number of carbonyl (C=O) groups is 1. The molecule has 0 saturated carbocycles. The van der Waals surface area contributed by atoms with Crippen molar-refractivity contribution in [3.05, 3.63) is 47.2 Å². The third-order valence-corrected chi connectivity index (χ3v) is 3.86. The van der Waals surface area contributed by atoms with Crippen LogP contribution in [0.2, 0.25) is 5.02 Å². The number of methoxy groups -OCH3 is 2. The van der Waals surface area contributed by atoms with Crippen molar-refractivity contribution in [1.82, 2.24) is 20.2 Å². The number of anilines is 1. The smallest absolute Gasteiger partial charge is 0.248 e. The van der Waals surface area contributed by atoms with E-state index in [1.807, 2.05) is 0 Å². The summed E-state index contributed by atoms with van der Waals surface area (Å²) in [5.74, 6) is 0.191. The van der Waals surface area contributed by atoms with Gasteiger partial charge in [-0.15, -0.1) is 10.2 Å². The molecule has 0 bridgehead atoms. The third-order valence-electron chi connectivity index (χ3n) is 3.57. The van der Waals surface area contributed by atoms with Gasteiger partial charge in [0.2, 0.25) is 11.7 Å². The highest BCUT2D eigenvalue weighted by atomic mass is 35.5. The van der Waals surface area contributed by atoms with Crippen molar-refractivity contribution in [1.29, 1.82) is 0 Å². The molecular weight excluding hydrogens is 377 g/mol. The highest BCUT2D eigenvalue weighted by Crippen LogP contribution is 2.35. The van der Waals surface area contributed by atoms with Gasteiger partial charge in [0.25, 0.3) is 0 Å². The van der Waals surface area contributed by atoms with Crippen molar-refractivity contribution >= 4 is 23.2 Å². The lowest BCUT2D eigenvalue weighted by Gasteiger charge is -2.12. The maximum atomic E-state index is 13.3. The van der Waals surface area contributed by atoms with E-state index in [-0.39, 0.29) is 12.4 Å². The molecule has 1 N–H and O–H groups in total. The molecule has 0 aliphatic rings. The molecule has 0 unspecified atom stereocenters. The molecule has 140 valence electrons. The average Bonchev–Trinajstić information content (AvgIpc) is 3.10. The Morgan fingerprint density at radius 2 is 2.00 bits per heavy atom. The molecule has 0 atom stereocenters. The first-order chi connectivity index (χ1) is 13.0. The number of hydrogen-bond acceptors (Lipinski definition) is 6. The molecule has 0 fully saturated rings. The summed E-state index contributed by atoms with van der Waals surface area (Å²) in [5.41, 5.74) is 0.837. The fraction of sp³-hybridized carbons (Fsp3) is 0.176. The molecule has 0 aliphatic heterocycles. The number of carbonyl (C=O) groups excluding carboxylic acids is 1. The van der Waals surface area contributed by atoms with Gasteiger partial charge in [-0.05, 0) is 23.4 Å². The van der Waals surface area contributed by atoms with Crippen molar-refractivity contribution < 1.29 is 18.7 Å². The van der Waals surface area contributed by atoms with Crippen LogP contribution in [0.4, 0.5) is 10.1 Å². The van der Waals surface area contributed by atoms with Crippen molar-refractivity contribution in [2.45, 2.75) is 6.54 Å². The Balaban J connectivity index is 1.73. The van der Waals surface area contributed by atoms with Crippen molar-refractivity contribution in [3.8, 4) is 22.9 Å². The van der Waals surface area contributed by atoms with E-state index in [9.17, 15) is 9.18 Å². The van der Waals surface area contributed by atoms with Crippen LogP contribution in [0, 0.1) is 5.82 Å². The number of aromatic nitrogens is 4. The first-order valence-corrected chi connectivity index (χ1v) is 8.13. The maximum absolute atomic E-state index is 13.3. The Kier molecular flexibility index (Phi) is 5.51. The van der Waals surface area contributed by atoms with Gasteiger partial charge in [0, 0.05) is 11.6 Å². The second-order valence-electron chi connectivity index (χ2n) is 5.39. The number of nitrogens with zero attached hydrogens (tertiary/aromatic N) is 4. The number of nitrogens with one attached hydrogen (secondary N) is 1. The number of benzene rings is 2. The Hall–Kier alpha value is -3.20. The van der Waals surface area contributed by atoms with Crippen LogP contribution in [0.25, 0.3) is 11.4 Å². The fourth-order valence-corrected chi connectivity index (χ4v) is 2.57. The molecule has 1 amide bonds. The van der Waals surface area contributed by atoms with E-state index >= 15 is 0 Å². The van der Waals surface area contributed by atoms with Crippen LogP contribution in [0.3, 0.4) is 0 Å². The van der Waals surface area contributed by atoms with Crippen molar-refractivity contribution in [2.75, 3.05) is 19.5 Å². The van der Waals surface area contributed by atoms with E-state index < -0.39 is 11.7 Å². The quantitative estimate of drug-likeness (QED) is 0.694. The van der Waals surface area contributed by atoms with Crippen LogP contribution >= 0.6 is 11.6 Å².